The lowest BCUT2D eigenvalue weighted by molar-refractivity contribution is 0.404. The van der Waals surface area contributed by atoms with Gasteiger partial charge in [-0.15, -0.1) is 0 Å². The number of rotatable bonds is 8. The third-order valence-corrected chi connectivity index (χ3v) is 7.99. The van der Waals surface area contributed by atoms with Gasteiger partial charge in [-0.2, -0.15) is 0 Å². The molecule has 256 valence electrons. The Morgan fingerprint density at radius 2 is 0.960 bits per heavy atom. The van der Waals surface area contributed by atoms with Gasteiger partial charge in [0.25, 0.3) is 0 Å². The summed E-state index contributed by atoms with van der Waals surface area (Å²) in [6.07, 6.45) is 0. The van der Waals surface area contributed by atoms with E-state index in [1.807, 2.05) is 42.5 Å². The first-order valence-electron chi connectivity index (χ1n) is 15.3. The highest BCUT2D eigenvalue weighted by Gasteiger charge is 2.14. The van der Waals surface area contributed by atoms with Crippen LogP contribution < -0.4 is 24.4 Å². The van der Waals surface area contributed by atoms with Crippen LogP contribution in [0.4, 0.5) is 8.78 Å². The van der Waals surface area contributed by atoms with Crippen molar-refractivity contribution in [1.82, 2.24) is 0 Å². The Morgan fingerprint density at radius 1 is 0.480 bits per heavy atom. The molecule has 0 spiro atoms. The first-order valence-corrected chi connectivity index (χ1v) is 16.1. The molecule has 0 fully saturated rings. The fourth-order valence-electron chi connectivity index (χ4n) is 4.93. The molecule has 6 rings (SSSR count). The van der Waals surface area contributed by atoms with E-state index < -0.39 is 7.12 Å². The van der Waals surface area contributed by atoms with Gasteiger partial charge in [-0.05, 0) is 71.2 Å². The van der Waals surface area contributed by atoms with E-state index in [9.17, 15) is 8.78 Å². The van der Waals surface area contributed by atoms with Crippen LogP contribution >= 0.6 is 15.9 Å². The first kappa shape index (κ1) is 37.7. The predicted octanol–water partition coefficient (Wildman–Crippen LogP) is 8.82. The van der Waals surface area contributed by atoms with E-state index in [0.717, 1.165) is 11.1 Å². The zero-order chi connectivity index (χ0) is 36.0. The Balaban J connectivity index is 0.000000184. The van der Waals surface area contributed by atoms with Crippen LogP contribution in [0.5, 0.6) is 23.0 Å². The van der Waals surface area contributed by atoms with Gasteiger partial charge < -0.3 is 29.0 Å². The van der Waals surface area contributed by atoms with E-state index in [0.29, 0.717) is 55.2 Å². The highest BCUT2D eigenvalue weighted by atomic mass is 79.9. The van der Waals surface area contributed by atoms with Crippen LogP contribution in [-0.2, 0) is 0 Å². The maximum atomic E-state index is 14.7. The van der Waals surface area contributed by atoms with Crippen LogP contribution in [0.15, 0.2) is 138 Å². The second-order valence-corrected chi connectivity index (χ2v) is 11.5. The lowest BCUT2D eigenvalue weighted by atomic mass is 9.81. The van der Waals surface area contributed by atoms with Crippen LogP contribution in [0.1, 0.15) is 0 Å². The third-order valence-electron chi connectivity index (χ3n) is 7.50. The van der Waals surface area contributed by atoms with Gasteiger partial charge in [0.2, 0.25) is 0 Å². The monoisotopic (exact) mass is 740 g/mol. The smallest absolute Gasteiger partial charge is 0.488 e. The van der Waals surface area contributed by atoms with Gasteiger partial charge in [0.05, 0.1) is 28.4 Å². The predicted molar refractivity (Wildman–Crippen MR) is 199 cm³/mol. The molecule has 0 unspecified atom stereocenters. The minimum Gasteiger partial charge on any atom is -0.497 e. The van der Waals surface area contributed by atoms with E-state index in [1.165, 1.54) is 6.07 Å². The fourth-order valence-corrected chi connectivity index (χ4v) is 5.26. The molecule has 0 aromatic heterocycles. The van der Waals surface area contributed by atoms with Gasteiger partial charge in [-0.25, -0.2) is 8.78 Å². The molecule has 0 bridgehead atoms. The summed E-state index contributed by atoms with van der Waals surface area (Å²) < 4.78 is 50.3. The van der Waals surface area contributed by atoms with E-state index >= 15 is 0 Å². The maximum Gasteiger partial charge on any atom is 0.488 e. The Hall–Kier alpha value is -5.16. The molecule has 6 aromatic rings. The SMILES string of the molecule is COc1ccc(OC)c(-c2ccc(-c3ccccc3)cc2F)c1.COc1ccc(OC)c(-c2ccc(Br)cc2F)c1.OB(O)c1ccccc1. The molecule has 0 aliphatic rings. The molecule has 10 heteroatoms. The molecule has 6 nitrogen and oxygen atoms in total. The first-order chi connectivity index (χ1) is 24.2. The fraction of sp³-hybridized carbons (Fsp3) is 0.100. The second-order valence-electron chi connectivity index (χ2n) is 10.6. The molecule has 2 N–H and O–H groups in total. The minimum absolute atomic E-state index is 0.294. The molecule has 0 atom stereocenters. The molecular formula is C40H36BBrF2O6. The summed E-state index contributed by atoms with van der Waals surface area (Å²) in [4.78, 5) is 0. The van der Waals surface area contributed by atoms with Crippen LogP contribution in [0, 0.1) is 11.6 Å². The maximum absolute atomic E-state index is 14.7. The highest BCUT2D eigenvalue weighted by molar-refractivity contribution is 9.10. The van der Waals surface area contributed by atoms with Crippen LogP contribution in [0.25, 0.3) is 33.4 Å². The van der Waals surface area contributed by atoms with Crippen LogP contribution in [0.2, 0.25) is 0 Å². The summed E-state index contributed by atoms with van der Waals surface area (Å²) >= 11 is 3.24. The van der Waals surface area contributed by atoms with Crippen molar-refractivity contribution in [3.63, 3.8) is 0 Å². The van der Waals surface area contributed by atoms with Gasteiger partial charge in [0, 0.05) is 26.7 Å². The van der Waals surface area contributed by atoms with Gasteiger partial charge in [0.1, 0.15) is 34.6 Å². The van der Waals surface area contributed by atoms with Gasteiger partial charge in [0.15, 0.2) is 0 Å². The number of methoxy groups -OCH3 is 4. The number of halogens is 3. The van der Waals surface area contributed by atoms with E-state index in [4.69, 9.17) is 29.0 Å². The lowest BCUT2D eigenvalue weighted by Gasteiger charge is -2.12. The summed E-state index contributed by atoms with van der Waals surface area (Å²) in [5, 5.41) is 17.2. The van der Waals surface area contributed by atoms with Crippen molar-refractivity contribution in [2.24, 2.45) is 0 Å². The van der Waals surface area contributed by atoms with E-state index in [2.05, 4.69) is 15.9 Å². The van der Waals surface area contributed by atoms with Crippen molar-refractivity contribution < 1.29 is 37.8 Å². The van der Waals surface area contributed by atoms with Gasteiger partial charge in [-0.1, -0.05) is 94.8 Å². The summed E-state index contributed by atoms with van der Waals surface area (Å²) in [7, 11) is 4.94. The van der Waals surface area contributed by atoms with E-state index in [-0.39, 0.29) is 11.6 Å². The van der Waals surface area contributed by atoms with Crippen molar-refractivity contribution in [3.8, 4) is 56.4 Å². The largest absolute Gasteiger partial charge is 0.497 e. The summed E-state index contributed by atoms with van der Waals surface area (Å²) in [5.41, 5.74) is 4.65. The lowest BCUT2D eigenvalue weighted by Crippen LogP contribution is -2.29. The van der Waals surface area contributed by atoms with Crippen molar-refractivity contribution in [1.29, 1.82) is 0 Å². The zero-order valence-electron chi connectivity index (χ0n) is 27.9. The Bertz CT molecular complexity index is 1980. The zero-order valence-corrected chi connectivity index (χ0v) is 29.5. The Morgan fingerprint density at radius 3 is 1.38 bits per heavy atom. The average molecular weight is 741 g/mol. The van der Waals surface area contributed by atoms with Gasteiger partial charge in [-0.3, -0.25) is 0 Å². The van der Waals surface area contributed by atoms with Crippen molar-refractivity contribution in [2.45, 2.75) is 0 Å². The van der Waals surface area contributed by atoms with Crippen LogP contribution in [-0.4, -0.2) is 45.6 Å². The Labute approximate surface area is 299 Å². The van der Waals surface area contributed by atoms with E-state index in [1.54, 1.807) is 113 Å². The van der Waals surface area contributed by atoms with Gasteiger partial charge >= 0.3 is 7.12 Å². The summed E-state index contributed by atoms with van der Waals surface area (Å²) in [5.74, 6) is 1.93. The van der Waals surface area contributed by atoms with Crippen molar-refractivity contribution >= 4 is 28.5 Å². The summed E-state index contributed by atoms with van der Waals surface area (Å²) in [6, 6.07) is 39.2. The third kappa shape index (κ3) is 9.95. The molecule has 0 saturated heterocycles. The quantitative estimate of drug-likeness (QED) is 0.152. The molecule has 0 aliphatic carbocycles. The second kappa shape index (κ2) is 18.6. The van der Waals surface area contributed by atoms with Crippen molar-refractivity contribution in [3.05, 3.63) is 150 Å². The number of hydrogen-bond donors (Lipinski definition) is 2. The number of benzene rings is 6. The number of hydrogen-bond acceptors (Lipinski definition) is 6. The topological polar surface area (TPSA) is 77.4 Å². The average Bonchev–Trinajstić information content (AvgIpc) is 3.15. The molecule has 50 heavy (non-hydrogen) atoms. The molecule has 0 amide bonds. The molecular weight excluding hydrogens is 705 g/mol. The minimum atomic E-state index is -1.34. The number of ether oxygens (including phenoxy) is 4. The molecule has 0 aliphatic heterocycles. The standard InChI is InChI=1S/C20H17FO2.C14H12BrFO2.C6H7BO2/c1-22-16-9-11-20(23-2)18(13-16)17-10-8-15(12-19(17)21)14-6-4-3-5-7-14;1-17-10-4-6-14(18-2)12(8-10)11-5-3-9(15)7-13(11)16;8-7(9)6-4-2-1-3-5-6/h3-13H,1-2H3;3-8H,1-2H3;1-5,8-9H. The highest BCUT2D eigenvalue weighted by Crippen LogP contribution is 2.37. The normalized spacial score (nSPS) is 10.1. The molecule has 6 aromatic carbocycles. The summed E-state index contributed by atoms with van der Waals surface area (Å²) in [6.45, 7) is 0. The van der Waals surface area contributed by atoms with Crippen LogP contribution in [0.3, 0.4) is 0 Å². The molecule has 0 radical (unpaired) electrons. The molecule has 0 saturated carbocycles. The Kier molecular flexibility index (Phi) is 14.0. The molecule has 0 heterocycles. The van der Waals surface area contributed by atoms with Crippen molar-refractivity contribution in [2.75, 3.05) is 28.4 Å².